The molecule has 0 aromatic heterocycles. The molecule has 146 valence electrons. The molecule has 25 heavy (non-hydrogen) atoms. The maximum atomic E-state index is 11.1. The Labute approximate surface area is 149 Å². The van der Waals surface area contributed by atoms with Crippen LogP contribution in [0.2, 0.25) is 0 Å². The van der Waals surface area contributed by atoms with Crippen LogP contribution in [0, 0.1) is 6.92 Å². The summed E-state index contributed by atoms with van der Waals surface area (Å²) in [5.41, 5.74) is 1.02. The van der Waals surface area contributed by atoms with Crippen LogP contribution in [-0.2, 0) is 28.5 Å². The Hall–Kier alpha value is -1.07. The standard InChI is InChI=1S/C8H18O5.C8H10O3S/c9-1-3-11-5-7-13-8-6-12-4-2-10;1-7-3-5-8(6-4-7)12(9,10)11-2/h9-10H,1-8H2;3-6H,1-2H3. The largest absolute Gasteiger partial charge is 0.394 e. The van der Waals surface area contributed by atoms with Gasteiger partial charge in [0.15, 0.2) is 0 Å². The van der Waals surface area contributed by atoms with Gasteiger partial charge in [-0.05, 0) is 19.1 Å². The van der Waals surface area contributed by atoms with E-state index in [0.717, 1.165) is 12.7 Å². The predicted octanol–water partition coefficient (Wildman–Crippen LogP) is 0.351. The Morgan fingerprint density at radius 3 is 1.56 bits per heavy atom. The summed E-state index contributed by atoms with van der Waals surface area (Å²) in [6.07, 6.45) is 0. The van der Waals surface area contributed by atoms with Crippen LogP contribution in [0.1, 0.15) is 5.56 Å². The molecule has 0 saturated heterocycles. The molecule has 0 saturated carbocycles. The minimum Gasteiger partial charge on any atom is -0.394 e. The smallest absolute Gasteiger partial charge is 0.296 e. The molecule has 0 atom stereocenters. The number of hydrogen-bond donors (Lipinski definition) is 2. The molecule has 0 aliphatic heterocycles. The molecular formula is C16H28O8S. The first-order valence-electron chi connectivity index (χ1n) is 7.80. The number of aliphatic hydroxyl groups excluding tert-OH is 2. The second-order valence-corrected chi connectivity index (χ2v) is 6.43. The molecule has 0 amide bonds. The van der Waals surface area contributed by atoms with Gasteiger partial charge in [0.2, 0.25) is 0 Å². The summed E-state index contributed by atoms with van der Waals surface area (Å²) in [5, 5.41) is 16.7. The highest BCUT2D eigenvalue weighted by Gasteiger charge is 2.11. The van der Waals surface area contributed by atoms with Gasteiger partial charge in [0.1, 0.15) is 0 Å². The van der Waals surface area contributed by atoms with Crippen molar-refractivity contribution in [2.24, 2.45) is 0 Å². The van der Waals surface area contributed by atoms with Crippen molar-refractivity contribution < 1.29 is 37.0 Å². The Morgan fingerprint density at radius 2 is 1.20 bits per heavy atom. The van der Waals surface area contributed by atoms with E-state index in [1.165, 1.54) is 12.1 Å². The van der Waals surface area contributed by atoms with Crippen LogP contribution in [0.4, 0.5) is 0 Å². The fraction of sp³-hybridized carbons (Fsp3) is 0.625. The zero-order chi connectivity index (χ0) is 19.0. The van der Waals surface area contributed by atoms with E-state index in [4.69, 9.17) is 24.4 Å². The van der Waals surface area contributed by atoms with Gasteiger partial charge in [-0.15, -0.1) is 0 Å². The SMILES string of the molecule is COS(=O)(=O)c1ccc(C)cc1.OCCOCCOCCOCCO. The van der Waals surface area contributed by atoms with Gasteiger partial charge in [-0.25, -0.2) is 0 Å². The van der Waals surface area contributed by atoms with Crippen LogP contribution in [0.3, 0.4) is 0 Å². The van der Waals surface area contributed by atoms with Crippen LogP contribution in [0.25, 0.3) is 0 Å². The molecule has 1 aromatic rings. The third kappa shape index (κ3) is 12.9. The molecule has 0 radical (unpaired) electrons. The maximum Gasteiger partial charge on any atom is 0.296 e. The predicted molar refractivity (Wildman–Crippen MR) is 92.0 cm³/mol. The fourth-order valence-electron chi connectivity index (χ4n) is 1.47. The van der Waals surface area contributed by atoms with Crippen molar-refractivity contribution >= 4 is 10.1 Å². The minimum absolute atomic E-state index is 0.0413. The van der Waals surface area contributed by atoms with Gasteiger partial charge in [0.05, 0.1) is 64.9 Å². The molecule has 0 unspecified atom stereocenters. The van der Waals surface area contributed by atoms with E-state index in [9.17, 15) is 8.42 Å². The first kappa shape index (κ1) is 23.9. The van der Waals surface area contributed by atoms with Crippen molar-refractivity contribution in [3.8, 4) is 0 Å². The lowest BCUT2D eigenvalue weighted by Gasteiger charge is -2.04. The minimum atomic E-state index is -3.51. The number of ether oxygens (including phenoxy) is 3. The summed E-state index contributed by atoms with van der Waals surface area (Å²) in [7, 11) is -2.37. The van der Waals surface area contributed by atoms with Crippen LogP contribution in [0.5, 0.6) is 0 Å². The number of rotatable bonds is 12. The second-order valence-electron chi connectivity index (χ2n) is 4.72. The summed E-state index contributed by atoms with van der Waals surface area (Å²) in [6.45, 7) is 4.66. The maximum absolute atomic E-state index is 11.1. The van der Waals surface area contributed by atoms with Crippen molar-refractivity contribution in [3.63, 3.8) is 0 Å². The molecule has 1 aromatic carbocycles. The van der Waals surface area contributed by atoms with Gasteiger partial charge < -0.3 is 24.4 Å². The molecule has 9 heteroatoms. The van der Waals surface area contributed by atoms with E-state index in [1.807, 2.05) is 6.92 Å². The zero-order valence-corrected chi connectivity index (χ0v) is 15.5. The van der Waals surface area contributed by atoms with Gasteiger partial charge in [-0.3, -0.25) is 4.18 Å². The highest BCUT2D eigenvalue weighted by Crippen LogP contribution is 2.11. The topological polar surface area (TPSA) is 112 Å². The third-order valence-corrected chi connectivity index (χ3v) is 4.03. The molecule has 0 aliphatic rings. The van der Waals surface area contributed by atoms with E-state index in [0.29, 0.717) is 39.6 Å². The number of aliphatic hydroxyl groups is 2. The summed E-state index contributed by atoms with van der Waals surface area (Å²) in [5.74, 6) is 0. The molecule has 8 nitrogen and oxygen atoms in total. The lowest BCUT2D eigenvalue weighted by Crippen LogP contribution is -2.11. The molecule has 0 fully saturated rings. The van der Waals surface area contributed by atoms with Gasteiger partial charge in [0.25, 0.3) is 10.1 Å². The van der Waals surface area contributed by atoms with Gasteiger partial charge >= 0.3 is 0 Å². The zero-order valence-electron chi connectivity index (χ0n) is 14.7. The van der Waals surface area contributed by atoms with Gasteiger partial charge in [-0.1, -0.05) is 17.7 Å². The lowest BCUT2D eigenvalue weighted by molar-refractivity contribution is 0.00230. The quantitative estimate of drug-likeness (QED) is 0.395. The summed E-state index contributed by atoms with van der Waals surface area (Å²) in [4.78, 5) is 0.190. The second kappa shape index (κ2) is 15.2. The van der Waals surface area contributed by atoms with Gasteiger partial charge in [-0.2, -0.15) is 8.42 Å². The highest BCUT2D eigenvalue weighted by atomic mass is 32.2. The number of benzene rings is 1. The average Bonchev–Trinajstić information content (AvgIpc) is 2.61. The van der Waals surface area contributed by atoms with E-state index in [1.54, 1.807) is 12.1 Å². The lowest BCUT2D eigenvalue weighted by atomic mass is 10.2. The van der Waals surface area contributed by atoms with Crippen LogP contribution in [0.15, 0.2) is 29.2 Å². The Bertz CT molecular complexity index is 505. The van der Waals surface area contributed by atoms with Crippen molar-refractivity contribution in [2.75, 3.05) is 60.0 Å². The molecular weight excluding hydrogens is 352 g/mol. The fourth-order valence-corrected chi connectivity index (χ4v) is 2.13. The van der Waals surface area contributed by atoms with Crippen molar-refractivity contribution in [3.05, 3.63) is 29.8 Å². The van der Waals surface area contributed by atoms with Gasteiger partial charge in [0, 0.05) is 0 Å². The van der Waals surface area contributed by atoms with Crippen LogP contribution in [-0.4, -0.2) is 78.6 Å². The Balaban J connectivity index is 0.000000462. The molecule has 0 heterocycles. The molecule has 2 N–H and O–H groups in total. The summed E-state index contributed by atoms with van der Waals surface area (Å²) in [6, 6.07) is 6.50. The third-order valence-electron chi connectivity index (χ3n) is 2.74. The normalized spacial score (nSPS) is 11.0. The van der Waals surface area contributed by atoms with E-state index in [2.05, 4.69) is 4.18 Å². The number of hydrogen-bond acceptors (Lipinski definition) is 8. The molecule has 0 aliphatic carbocycles. The summed E-state index contributed by atoms with van der Waals surface area (Å²) >= 11 is 0. The van der Waals surface area contributed by atoms with Crippen molar-refractivity contribution in [2.45, 2.75) is 11.8 Å². The van der Waals surface area contributed by atoms with E-state index in [-0.39, 0.29) is 18.1 Å². The monoisotopic (exact) mass is 380 g/mol. The molecule has 0 spiro atoms. The Morgan fingerprint density at radius 1 is 0.800 bits per heavy atom. The Kier molecular flexibility index (Phi) is 14.6. The first-order valence-corrected chi connectivity index (χ1v) is 9.21. The summed E-state index contributed by atoms with van der Waals surface area (Å²) < 4.78 is 41.5. The molecule has 1 rings (SSSR count). The highest BCUT2D eigenvalue weighted by molar-refractivity contribution is 7.86. The van der Waals surface area contributed by atoms with E-state index >= 15 is 0 Å². The number of aryl methyl sites for hydroxylation is 1. The first-order chi connectivity index (χ1) is 12.0. The van der Waals surface area contributed by atoms with Crippen molar-refractivity contribution in [1.82, 2.24) is 0 Å². The van der Waals surface area contributed by atoms with Crippen LogP contribution >= 0.6 is 0 Å². The molecule has 0 bridgehead atoms. The van der Waals surface area contributed by atoms with E-state index < -0.39 is 10.1 Å². The van der Waals surface area contributed by atoms with Crippen molar-refractivity contribution in [1.29, 1.82) is 0 Å². The average molecular weight is 380 g/mol. The van der Waals surface area contributed by atoms with Crippen LogP contribution < -0.4 is 0 Å².